The van der Waals surface area contributed by atoms with Gasteiger partial charge < -0.3 is 4.42 Å². The van der Waals surface area contributed by atoms with Crippen LogP contribution < -0.4 is 0 Å². The number of nitrogens with zero attached hydrogens (tertiary/aromatic N) is 1. The van der Waals surface area contributed by atoms with E-state index in [1.165, 1.54) is 11.8 Å². The van der Waals surface area contributed by atoms with Gasteiger partial charge in [-0.2, -0.15) is 0 Å². The number of furan rings is 1. The number of benzene rings is 1. The fourth-order valence-corrected chi connectivity index (χ4v) is 3.91. The van der Waals surface area contributed by atoms with Gasteiger partial charge in [0, 0.05) is 11.6 Å². The Morgan fingerprint density at radius 1 is 1.32 bits per heavy atom. The lowest BCUT2D eigenvalue weighted by Gasteiger charge is -1.99. The summed E-state index contributed by atoms with van der Waals surface area (Å²) in [5.74, 6) is 2.15. The van der Waals surface area contributed by atoms with E-state index in [1.54, 1.807) is 17.8 Å². The lowest BCUT2D eigenvalue weighted by Crippen LogP contribution is -1.87. The van der Waals surface area contributed by atoms with Crippen molar-refractivity contribution in [3.05, 3.63) is 52.9 Å². The van der Waals surface area contributed by atoms with Crippen molar-refractivity contribution in [2.45, 2.75) is 6.92 Å². The first-order chi connectivity index (χ1) is 10.7. The summed E-state index contributed by atoms with van der Waals surface area (Å²) < 4.78 is 6.55. The molecule has 3 nitrogen and oxygen atoms in total. The molecule has 0 saturated heterocycles. The minimum absolute atomic E-state index is 0.0494. The molecule has 1 aromatic heterocycles. The van der Waals surface area contributed by atoms with Crippen molar-refractivity contribution < 1.29 is 9.21 Å². The molecule has 6 heteroatoms. The summed E-state index contributed by atoms with van der Waals surface area (Å²) in [7, 11) is 0. The number of halogens is 1. The van der Waals surface area contributed by atoms with Crippen molar-refractivity contribution in [3.8, 4) is 11.3 Å². The van der Waals surface area contributed by atoms with Gasteiger partial charge >= 0.3 is 0 Å². The molecule has 0 atom stereocenters. The molecular formula is C16H12ClNO2S2. The molecule has 0 bridgehead atoms. The summed E-state index contributed by atoms with van der Waals surface area (Å²) in [5.41, 5.74) is 1.24. The first-order valence-electron chi connectivity index (χ1n) is 6.67. The molecule has 0 radical (unpaired) electrons. The Labute approximate surface area is 141 Å². The number of aliphatic imine (C=N–C) groups is 1. The SMILES string of the molecule is CCSC1=N/C(=C\c2ccc(-c3ccccc3Cl)o2)C(=O)S1. The predicted molar refractivity (Wildman–Crippen MR) is 95.3 cm³/mol. The van der Waals surface area contributed by atoms with Crippen molar-refractivity contribution >= 4 is 50.7 Å². The van der Waals surface area contributed by atoms with Crippen LogP contribution in [0.3, 0.4) is 0 Å². The number of hydrogen-bond acceptors (Lipinski definition) is 5. The van der Waals surface area contributed by atoms with Crippen LogP contribution in [-0.2, 0) is 4.79 Å². The molecule has 0 unspecified atom stereocenters. The molecule has 1 aliphatic heterocycles. The van der Waals surface area contributed by atoms with E-state index in [4.69, 9.17) is 16.0 Å². The van der Waals surface area contributed by atoms with E-state index in [2.05, 4.69) is 4.99 Å². The number of thioether (sulfide) groups is 2. The van der Waals surface area contributed by atoms with Crippen molar-refractivity contribution in [2.24, 2.45) is 4.99 Å². The molecule has 3 rings (SSSR count). The van der Waals surface area contributed by atoms with Crippen LogP contribution in [0.15, 0.2) is 51.5 Å². The largest absolute Gasteiger partial charge is 0.457 e. The predicted octanol–water partition coefficient (Wildman–Crippen LogP) is 5.32. The topological polar surface area (TPSA) is 42.6 Å². The fraction of sp³-hybridized carbons (Fsp3) is 0.125. The highest BCUT2D eigenvalue weighted by atomic mass is 35.5. The van der Waals surface area contributed by atoms with E-state index >= 15 is 0 Å². The van der Waals surface area contributed by atoms with Gasteiger partial charge in [-0.15, -0.1) is 0 Å². The van der Waals surface area contributed by atoms with Gasteiger partial charge in [0.25, 0.3) is 0 Å². The van der Waals surface area contributed by atoms with Gasteiger partial charge in [0.05, 0.1) is 5.02 Å². The molecule has 0 N–H and O–H groups in total. The second-order valence-corrected chi connectivity index (χ2v) is 7.29. The molecule has 0 aliphatic carbocycles. The van der Waals surface area contributed by atoms with Crippen molar-refractivity contribution in [2.75, 3.05) is 5.75 Å². The van der Waals surface area contributed by atoms with E-state index in [0.29, 0.717) is 22.2 Å². The molecule has 1 aromatic carbocycles. The van der Waals surface area contributed by atoms with Crippen LogP contribution in [0.25, 0.3) is 17.4 Å². The quantitative estimate of drug-likeness (QED) is 0.703. The third-order valence-electron chi connectivity index (χ3n) is 2.91. The van der Waals surface area contributed by atoms with Crippen LogP contribution in [0.4, 0.5) is 0 Å². The maximum absolute atomic E-state index is 11.9. The fourth-order valence-electron chi connectivity index (χ4n) is 1.95. The van der Waals surface area contributed by atoms with E-state index < -0.39 is 0 Å². The summed E-state index contributed by atoms with van der Waals surface area (Å²) in [6.07, 6.45) is 1.67. The summed E-state index contributed by atoms with van der Waals surface area (Å²) in [4.78, 5) is 16.2. The van der Waals surface area contributed by atoms with Crippen molar-refractivity contribution in [1.29, 1.82) is 0 Å². The molecule has 2 heterocycles. The van der Waals surface area contributed by atoms with Gasteiger partial charge in [-0.05, 0) is 41.8 Å². The Bertz CT molecular complexity index is 780. The molecular weight excluding hydrogens is 338 g/mol. The van der Waals surface area contributed by atoms with Crippen LogP contribution in [0, 0.1) is 0 Å². The van der Waals surface area contributed by atoms with Crippen LogP contribution in [0.1, 0.15) is 12.7 Å². The highest BCUT2D eigenvalue weighted by Crippen LogP contribution is 2.33. The monoisotopic (exact) mass is 349 g/mol. The molecule has 112 valence electrons. The van der Waals surface area contributed by atoms with Gasteiger partial charge in [-0.3, -0.25) is 4.79 Å². The standard InChI is InChI=1S/C16H12ClNO2S2/c1-2-21-16-18-13(15(19)22-16)9-10-7-8-14(20-10)11-5-3-4-6-12(11)17/h3-9H,2H2,1H3/b13-9-. The van der Waals surface area contributed by atoms with E-state index in [-0.39, 0.29) is 5.12 Å². The molecule has 0 amide bonds. The Morgan fingerprint density at radius 2 is 2.14 bits per heavy atom. The first kappa shape index (κ1) is 15.5. The van der Waals surface area contributed by atoms with Crippen LogP contribution in [-0.4, -0.2) is 15.2 Å². The van der Waals surface area contributed by atoms with Gasteiger partial charge in [0.15, 0.2) is 0 Å². The summed E-state index contributed by atoms with van der Waals surface area (Å²) in [5, 5.41) is 0.579. The zero-order valence-electron chi connectivity index (χ0n) is 11.7. The zero-order chi connectivity index (χ0) is 15.5. The van der Waals surface area contributed by atoms with Crippen LogP contribution in [0.2, 0.25) is 5.02 Å². The summed E-state index contributed by atoms with van der Waals surface area (Å²) >= 11 is 8.89. The number of carbonyl (C=O) groups excluding carboxylic acids is 1. The first-order valence-corrected chi connectivity index (χ1v) is 8.85. The zero-order valence-corrected chi connectivity index (χ0v) is 14.1. The normalized spacial score (nSPS) is 16.4. The molecule has 0 fully saturated rings. The number of carbonyl (C=O) groups is 1. The van der Waals surface area contributed by atoms with Gasteiger partial charge in [0.1, 0.15) is 21.6 Å². The van der Waals surface area contributed by atoms with E-state index in [0.717, 1.165) is 15.7 Å². The average molecular weight is 350 g/mol. The molecule has 2 aromatic rings. The third kappa shape index (κ3) is 3.32. The smallest absolute Gasteiger partial charge is 0.244 e. The molecule has 1 aliphatic rings. The summed E-state index contributed by atoms with van der Waals surface area (Å²) in [6.45, 7) is 2.03. The van der Waals surface area contributed by atoms with Crippen LogP contribution >= 0.6 is 35.1 Å². The second kappa shape index (κ2) is 6.77. The number of rotatable bonds is 3. The van der Waals surface area contributed by atoms with Crippen molar-refractivity contribution in [1.82, 2.24) is 0 Å². The van der Waals surface area contributed by atoms with Gasteiger partial charge in [0.2, 0.25) is 5.12 Å². The molecule has 0 spiro atoms. The van der Waals surface area contributed by atoms with Gasteiger partial charge in [-0.25, -0.2) is 4.99 Å². The highest BCUT2D eigenvalue weighted by molar-refractivity contribution is 8.45. The Morgan fingerprint density at radius 3 is 2.91 bits per heavy atom. The van der Waals surface area contributed by atoms with Crippen LogP contribution in [0.5, 0.6) is 0 Å². The lowest BCUT2D eigenvalue weighted by atomic mass is 10.2. The van der Waals surface area contributed by atoms with Crippen molar-refractivity contribution in [3.63, 3.8) is 0 Å². The maximum atomic E-state index is 11.9. The number of hydrogen-bond donors (Lipinski definition) is 0. The van der Waals surface area contributed by atoms with E-state index in [9.17, 15) is 4.79 Å². The second-order valence-electron chi connectivity index (χ2n) is 4.41. The Balaban J connectivity index is 1.87. The molecule has 0 saturated carbocycles. The van der Waals surface area contributed by atoms with E-state index in [1.807, 2.05) is 43.3 Å². The maximum Gasteiger partial charge on any atom is 0.244 e. The lowest BCUT2D eigenvalue weighted by molar-refractivity contribution is -0.107. The van der Waals surface area contributed by atoms with Gasteiger partial charge in [-0.1, -0.05) is 42.4 Å². The highest BCUT2D eigenvalue weighted by Gasteiger charge is 2.22. The molecule has 22 heavy (non-hydrogen) atoms. The minimum Gasteiger partial charge on any atom is -0.457 e. The summed E-state index contributed by atoms with van der Waals surface area (Å²) in [6, 6.07) is 11.1. The Kier molecular flexibility index (Phi) is 4.76. The Hall–Kier alpha value is -1.43. The third-order valence-corrected chi connectivity index (χ3v) is 5.13. The average Bonchev–Trinajstić information content (AvgIpc) is 3.08. The minimum atomic E-state index is -0.0494.